The van der Waals surface area contributed by atoms with Gasteiger partial charge in [-0.15, -0.1) is 0 Å². The van der Waals surface area contributed by atoms with Crippen LogP contribution in [0.15, 0.2) is 72.8 Å². The maximum Gasteiger partial charge on any atom is 0.256 e. The van der Waals surface area contributed by atoms with Gasteiger partial charge in [-0.05, 0) is 68.3 Å². The van der Waals surface area contributed by atoms with Gasteiger partial charge in [0.15, 0.2) is 0 Å². The standard InChI is InChI=1S/C32H37FN4O3/c1-4-27(23-10-8-7-9-11-23)31(39)37-20-18-36(19-21-37)29-17-16-26(22-28(29)32(40)35(5-2)6-3)34-30(38)24-12-14-25(33)15-13-24/h7-17,22,27H,4-6,18-21H2,1-3H3,(H,34,38)/t27-/m1/s1. The largest absolute Gasteiger partial charge is 0.367 e. The van der Waals surface area contributed by atoms with Crippen molar-refractivity contribution in [3.8, 4) is 0 Å². The third-order valence-electron chi connectivity index (χ3n) is 7.48. The van der Waals surface area contributed by atoms with Crippen LogP contribution in [0.1, 0.15) is 59.4 Å². The molecule has 0 aromatic heterocycles. The highest BCUT2D eigenvalue weighted by atomic mass is 19.1. The summed E-state index contributed by atoms with van der Waals surface area (Å²) >= 11 is 0. The van der Waals surface area contributed by atoms with Crippen LogP contribution in [0.5, 0.6) is 0 Å². The SMILES string of the molecule is CC[C@@H](C(=O)N1CCN(c2ccc(NC(=O)c3ccc(F)cc3)cc2C(=O)N(CC)CC)CC1)c1ccccc1. The predicted octanol–water partition coefficient (Wildman–Crippen LogP) is 5.40. The van der Waals surface area contributed by atoms with E-state index in [9.17, 15) is 18.8 Å². The normalized spacial score (nSPS) is 14.0. The lowest BCUT2D eigenvalue weighted by molar-refractivity contribution is -0.133. The molecule has 1 fully saturated rings. The number of piperazine rings is 1. The highest BCUT2D eigenvalue weighted by Crippen LogP contribution is 2.29. The fraction of sp³-hybridized carbons (Fsp3) is 0.344. The second-order valence-corrected chi connectivity index (χ2v) is 9.85. The molecule has 3 aromatic rings. The van der Waals surface area contributed by atoms with Crippen LogP contribution < -0.4 is 10.2 Å². The molecule has 1 heterocycles. The molecular weight excluding hydrogens is 507 g/mol. The molecule has 1 aliphatic rings. The number of amides is 3. The molecule has 1 N–H and O–H groups in total. The maximum atomic E-state index is 13.6. The summed E-state index contributed by atoms with van der Waals surface area (Å²) in [7, 11) is 0. The minimum atomic E-state index is -0.417. The molecule has 0 unspecified atom stereocenters. The van der Waals surface area contributed by atoms with Gasteiger partial charge in [0.05, 0.1) is 11.5 Å². The van der Waals surface area contributed by atoms with Crippen LogP contribution in [-0.2, 0) is 4.79 Å². The Morgan fingerprint density at radius 2 is 1.52 bits per heavy atom. The molecule has 3 amide bonds. The monoisotopic (exact) mass is 544 g/mol. The van der Waals surface area contributed by atoms with Crippen LogP contribution in [0.4, 0.5) is 15.8 Å². The first-order valence-corrected chi connectivity index (χ1v) is 13.9. The molecule has 1 aliphatic heterocycles. The topological polar surface area (TPSA) is 73.0 Å². The molecule has 0 saturated carbocycles. The van der Waals surface area contributed by atoms with E-state index in [2.05, 4.69) is 10.2 Å². The molecule has 7 nitrogen and oxygen atoms in total. The lowest BCUT2D eigenvalue weighted by Gasteiger charge is -2.38. The number of nitrogens with zero attached hydrogens (tertiary/aromatic N) is 3. The first-order chi connectivity index (χ1) is 19.4. The van der Waals surface area contributed by atoms with Crippen LogP contribution in [0.2, 0.25) is 0 Å². The zero-order valence-corrected chi connectivity index (χ0v) is 23.4. The molecule has 3 aromatic carbocycles. The number of carbonyl (C=O) groups excluding carboxylic acids is 3. The summed E-state index contributed by atoms with van der Waals surface area (Å²) in [6.45, 7) is 9.32. The highest BCUT2D eigenvalue weighted by Gasteiger charge is 2.29. The zero-order chi connectivity index (χ0) is 28.6. The fourth-order valence-electron chi connectivity index (χ4n) is 5.17. The number of rotatable bonds is 9. The number of hydrogen-bond acceptors (Lipinski definition) is 4. The summed E-state index contributed by atoms with van der Waals surface area (Å²) in [5, 5.41) is 2.83. The average Bonchev–Trinajstić information content (AvgIpc) is 2.99. The van der Waals surface area contributed by atoms with E-state index in [1.807, 2.05) is 62.1 Å². The van der Waals surface area contributed by atoms with Gasteiger partial charge in [-0.1, -0.05) is 37.3 Å². The van der Waals surface area contributed by atoms with E-state index in [0.29, 0.717) is 56.1 Å². The summed E-state index contributed by atoms with van der Waals surface area (Å²) in [4.78, 5) is 45.5. The average molecular weight is 545 g/mol. The Kier molecular flexibility index (Phi) is 9.53. The second-order valence-electron chi connectivity index (χ2n) is 9.85. The molecule has 1 atom stereocenters. The first kappa shape index (κ1) is 28.8. The van der Waals surface area contributed by atoms with E-state index in [1.165, 1.54) is 24.3 Å². The van der Waals surface area contributed by atoms with Gasteiger partial charge in [-0.2, -0.15) is 0 Å². The summed E-state index contributed by atoms with van der Waals surface area (Å²) in [6, 6.07) is 20.5. The van der Waals surface area contributed by atoms with E-state index in [4.69, 9.17) is 0 Å². The number of anilines is 2. The summed E-state index contributed by atoms with van der Waals surface area (Å²) in [5.74, 6) is -0.959. The molecule has 210 valence electrons. The van der Waals surface area contributed by atoms with Crippen molar-refractivity contribution in [3.05, 3.63) is 95.3 Å². The highest BCUT2D eigenvalue weighted by molar-refractivity contribution is 6.06. The Hall–Kier alpha value is -4.20. The van der Waals surface area contributed by atoms with Crippen LogP contribution in [0, 0.1) is 5.82 Å². The van der Waals surface area contributed by atoms with E-state index in [-0.39, 0.29) is 23.6 Å². The summed E-state index contributed by atoms with van der Waals surface area (Å²) in [5.41, 5.74) is 3.11. The van der Waals surface area contributed by atoms with Gasteiger partial charge in [-0.3, -0.25) is 14.4 Å². The Balaban J connectivity index is 1.53. The van der Waals surface area contributed by atoms with Crippen molar-refractivity contribution >= 4 is 29.1 Å². The van der Waals surface area contributed by atoms with Crippen molar-refractivity contribution in [2.75, 3.05) is 49.5 Å². The predicted molar refractivity (Wildman–Crippen MR) is 156 cm³/mol. The van der Waals surface area contributed by atoms with Crippen molar-refractivity contribution in [3.63, 3.8) is 0 Å². The third kappa shape index (κ3) is 6.50. The van der Waals surface area contributed by atoms with E-state index in [1.54, 1.807) is 17.0 Å². The Labute approximate surface area is 235 Å². The Morgan fingerprint density at radius 3 is 2.12 bits per heavy atom. The zero-order valence-electron chi connectivity index (χ0n) is 23.4. The third-order valence-corrected chi connectivity index (χ3v) is 7.48. The van der Waals surface area contributed by atoms with Crippen LogP contribution in [0.25, 0.3) is 0 Å². The van der Waals surface area contributed by atoms with E-state index >= 15 is 0 Å². The summed E-state index contributed by atoms with van der Waals surface area (Å²) in [6.07, 6.45) is 0.733. The fourth-order valence-corrected chi connectivity index (χ4v) is 5.17. The molecule has 1 saturated heterocycles. The van der Waals surface area contributed by atoms with Crippen molar-refractivity contribution < 1.29 is 18.8 Å². The van der Waals surface area contributed by atoms with E-state index < -0.39 is 5.82 Å². The molecule has 8 heteroatoms. The van der Waals surface area contributed by atoms with Gasteiger partial charge in [0.25, 0.3) is 11.8 Å². The van der Waals surface area contributed by atoms with Crippen LogP contribution in [-0.4, -0.2) is 66.8 Å². The van der Waals surface area contributed by atoms with Gasteiger partial charge in [0, 0.05) is 56.2 Å². The molecule has 0 aliphatic carbocycles. The molecule has 0 bridgehead atoms. The van der Waals surface area contributed by atoms with Gasteiger partial charge in [0.1, 0.15) is 5.82 Å². The van der Waals surface area contributed by atoms with Crippen molar-refractivity contribution in [1.82, 2.24) is 9.80 Å². The van der Waals surface area contributed by atoms with Gasteiger partial charge in [-0.25, -0.2) is 4.39 Å². The molecule has 0 radical (unpaired) electrons. The van der Waals surface area contributed by atoms with E-state index in [0.717, 1.165) is 17.7 Å². The second kappa shape index (κ2) is 13.2. The van der Waals surface area contributed by atoms with Crippen molar-refractivity contribution in [2.45, 2.75) is 33.1 Å². The number of benzene rings is 3. The van der Waals surface area contributed by atoms with Crippen molar-refractivity contribution in [1.29, 1.82) is 0 Å². The quantitative estimate of drug-likeness (QED) is 0.391. The van der Waals surface area contributed by atoms with Gasteiger partial charge < -0.3 is 20.0 Å². The number of hydrogen-bond donors (Lipinski definition) is 1. The number of halogens is 1. The number of carbonyl (C=O) groups is 3. The lowest BCUT2D eigenvalue weighted by Crippen LogP contribution is -2.50. The van der Waals surface area contributed by atoms with Crippen LogP contribution >= 0.6 is 0 Å². The first-order valence-electron chi connectivity index (χ1n) is 13.9. The lowest BCUT2D eigenvalue weighted by atomic mass is 9.94. The number of nitrogens with one attached hydrogen (secondary N) is 1. The molecule has 40 heavy (non-hydrogen) atoms. The van der Waals surface area contributed by atoms with Gasteiger partial charge in [0.2, 0.25) is 5.91 Å². The molecular formula is C32H37FN4O3. The molecule has 4 rings (SSSR count). The van der Waals surface area contributed by atoms with Crippen LogP contribution in [0.3, 0.4) is 0 Å². The van der Waals surface area contributed by atoms with Gasteiger partial charge >= 0.3 is 0 Å². The maximum absolute atomic E-state index is 13.6. The molecule has 0 spiro atoms. The summed E-state index contributed by atoms with van der Waals surface area (Å²) < 4.78 is 13.3. The Bertz CT molecular complexity index is 1320. The minimum Gasteiger partial charge on any atom is -0.367 e. The van der Waals surface area contributed by atoms with Crippen molar-refractivity contribution in [2.24, 2.45) is 0 Å². The minimum absolute atomic E-state index is 0.119. The smallest absolute Gasteiger partial charge is 0.256 e. The Morgan fingerprint density at radius 1 is 0.875 bits per heavy atom.